The van der Waals surface area contributed by atoms with E-state index in [1.54, 1.807) is 6.20 Å². The molecular weight excluding hydrogens is 347 g/mol. The molecule has 0 aliphatic carbocycles. The number of anilines is 1. The SMILES string of the molecule is O=C(CCc1ncc(-c2ccccc2)o1)Nc1ccc(C(F)(F)F)nc1. The Kier molecular flexibility index (Phi) is 5.01. The van der Waals surface area contributed by atoms with E-state index in [-0.39, 0.29) is 24.4 Å². The van der Waals surface area contributed by atoms with Gasteiger partial charge in [-0.1, -0.05) is 30.3 Å². The number of oxazole rings is 1. The zero-order chi connectivity index (χ0) is 18.6. The van der Waals surface area contributed by atoms with Gasteiger partial charge in [-0.05, 0) is 12.1 Å². The number of amides is 1. The van der Waals surface area contributed by atoms with Crippen molar-refractivity contribution in [3.8, 4) is 11.3 Å². The third kappa shape index (κ3) is 4.47. The first-order chi connectivity index (χ1) is 12.4. The van der Waals surface area contributed by atoms with Crippen LogP contribution in [0.2, 0.25) is 0 Å². The summed E-state index contributed by atoms with van der Waals surface area (Å²) in [5.41, 5.74) is 0.0654. The van der Waals surface area contributed by atoms with Gasteiger partial charge in [0, 0.05) is 18.4 Å². The first kappa shape index (κ1) is 17.7. The van der Waals surface area contributed by atoms with Gasteiger partial charge in [0.15, 0.2) is 11.7 Å². The van der Waals surface area contributed by atoms with Crippen molar-refractivity contribution in [3.63, 3.8) is 0 Å². The maximum atomic E-state index is 12.4. The zero-order valence-electron chi connectivity index (χ0n) is 13.5. The van der Waals surface area contributed by atoms with E-state index in [2.05, 4.69) is 15.3 Å². The maximum absolute atomic E-state index is 12.4. The van der Waals surface area contributed by atoms with E-state index in [1.807, 2.05) is 30.3 Å². The van der Waals surface area contributed by atoms with E-state index in [0.717, 1.165) is 23.9 Å². The molecule has 0 unspecified atom stereocenters. The van der Waals surface area contributed by atoms with Crippen LogP contribution in [0.4, 0.5) is 18.9 Å². The van der Waals surface area contributed by atoms with Crippen LogP contribution in [0.15, 0.2) is 59.3 Å². The standard InChI is InChI=1S/C18H14F3N3O2/c19-18(20,21)15-7-6-13(10-22-15)24-16(25)8-9-17-23-11-14(26-17)12-4-2-1-3-5-12/h1-7,10-11H,8-9H2,(H,24,25). The quantitative estimate of drug-likeness (QED) is 0.735. The van der Waals surface area contributed by atoms with Gasteiger partial charge in [-0.3, -0.25) is 4.79 Å². The van der Waals surface area contributed by atoms with Crippen LogP contribution in [-0.4, -0.2) is 15.9 Å². The highest BCUT2D eigenvalue weighted by atomic mass is 19.4. The van der Waals surface area contributed by atoms with Gasteiger partial charge in [0.05, 0.1) is 18.1 Å². The Morgan fingerprint density at radius 1 is 1.04 bits per heavy atom. The predicted molar refractivity (Wildman–Crippen MR) is 88.1 cm³/mol. The number of carbonyl (C=O) groups is 1. The summed E-state index contributed by atoms with van der Waals surface area (Å²) in [4.78, 5) is 19.3. The number of benzene rings is 1. The van der Waals surface area contributed by atoms with Crippen LogP contribution >= 0.6 is 0 Å². The van der Waals surface area contributed by atoms with Crippen molar-refractivity contribution in [1.82, 2.24) is 9.97 Å². The highest BCUT2D eigenvalue weighted by Gasteiger charge is 2.32. The van der Waals surface area contributed by atoms with E-state index < -0.39 is 11.9 Å². The Bertz CT molecular complexity index is 875. The largest absolute Gasteiger partial charge is 0.441 e. The van der Waals surface area contributed by atoms with Gasteiger partial charge in [0.1, 0.15) is 5.69 Å². The average molecular weight is 361 g/mol. The fourth-order valence-electron chi connectivity index (χ4n) is 2.24. The summed E-state index contributed by atoms with van der Waals surface area (Å²) in [5.74, 6) is 0.642. The van der Waals surface area contributed by atoms with Crippen LogP contribution in [0.5, 0.6) is 0 Å². The number of nitrogens with one attached hydrogen (secondary N) is 1. The molecule has 0 spiro atoms. The number of hydrogen-bond donors (Lipinski definition) is 1. The number of carbonyl (C=O) groups excluding carboxylic acids is 1. The second kappa shape index (κ2) is 7.38. The average Bonchev–Trinajstić information content (AvgIpc) is 3.09. The van der Waals surface area contributed by atoms with Crippen molar-refractivity contribution < 1.29 is 22.4 Å². The van der Waals surface area contributed by atoms with Gasteiger partial charge in [0.25, 0.3) is 0 Å². The third-order valence-corrected chi connectivity index (χ3v) is 3.52. The van der Waals surface area contributed by atoms with Crippen molar-refractivity contribution in [1.29, 1.82) is 0 Å². The molecule has 3 aromatic rings. The van der Waals surface area contributed by atoms with E-state index in [9.17, 15) is 18.0 Å². The number of alkyl halides is 3. The molecule has 26 heavy (non-hydrogen) atoms. The van der Waals surface area contributed by atoms with Crippen molar-refractivity contribution in [2.75, 3.05) is 5.32 Å². The molecule has 1 amide bonds. The van der Waals surface area contributed by atoms with Crippen LogP contribution < -0.4 is 5.32 Å². The molecule has 0 saturated carbocycles. The summed E-state index contributed by atoms with van der Waals surface area (Å²) in [5, 5.41) is 2.49. The van der Waals surface area contributed by atoms with Crippen LogP contribution in [0.25, 0.3) is 11.3 Å². The number of rotatable bonds is 5. The Morgan fingerprint density at radius 2 is 1.81 bits per heavy atom. The first-order valence-corrected chi connectivity index (χ1v) is 7.75. The lowest BCUT2D eigenvalue weighted by Crippen LogP contribution is -2.13. The van der Waals surface area contributed by atoms with Gasteiger partial charge in [-0.15, -0.1) is 0 Å². The van der Waals surface area contributed by atoms with E-state index in [0.29, 0.717) is 11.7 Å². The first-order valence-electron chi connectivity index (χ1n) is 7.75. The highest BCUT2D eigenvalue weighted by Crippen LogP contribution is 2.27. The van der Waals surface area contributed by atoms with Crippen molar-refractivity contribution in [2.24, 2.45) is 0 Å². The minimum Gasteiger partial charge on any atom is -0.441 e. The lowest BCUT2D eigenvalue weighted by atomic mass is 10.2. The summed E-state index contributed by atoms with van der Waals surface area (Å²) in [7, 11) is 0. The number of hydrogen-bond acceptors (Lipinski definition) is 4. The van der Waals surface area contributed by atoms with Crippen molar-refractivity contribution >= 4 is 11.6 Å². The van der Waals surface area contributed by atoms with Gasteiger partial charge < -0.3 is 9.73 Å². The molecule has 0 bridgehead atoms. The molecule has 8 heteroatoms. The molecule has 2 aromatic heterocycles. The second-order valence-electron chi connectivity index (χ2n) is 5.46. The van der Waals surface area contributed by atoms with Crippen LogP contribution in [-0.2, 0) is 17.4 Å². The lowest BCUT2D eigenvalue weighted by molar-refractivity contribution is -0.141. The Hall–Kier alpha value is -3.16. The summed E-state index contributed by atoms with van der Waals surface area (Å²) in [6, 6.07) is 11.4. The van der Waals surface area contributed by atoms with Gasteiger partial charge >= 0.3 is 6.18 Å². The second-order valence-corrected chi connectivity index (χ2v) is 5.46. The smallest absolute Gasteiger partial charge is 0.433 e. The van der Waals surface area contributed by atoms with Gasteiger partial charge in [-0.25, -0.2) is 9.97 Å². The minimum absolute atomic E-state index is 0.0791. The predicted octanol–water partition coefficient (Wildman–Crippen LogP) is 4.33. The number of nitrogens with zero attached hydrogens (tertiary/aromatic N) is 2. The van der Waals surface area contributed by atoms with Crippen molar-refractivity contribution in [3.05, 3.63) is 66.4 Å². The fraction of sp³-hybridized carbons (Fsp3) is 0.167. The van der Waals surface area contributed by atoms with Crippen LogP contribution in [0, 0.1) is 0 Å². The maximum Gasteiger partial charge on any atom is 0.433 e. The minimum atomic E-state index is -4.51. The molecule has 0 fully saturated rings. The Balaban J connectivity index is 1.54. The molecule has 3 rings (SSSR count). The molecule has 2 heterocycles. The Morgan fingerprint density at radius 3 is 2.46 bits per heavy atom. The van der Waals surface area contributed by atoms with Gasteiger partial charge in [0.2, 0.25) is 5.91 Å². The molecule has 1 N–H and O–H groups in total. The lowest BCUT2D eigenvalue weighted by Gasteiger charge is -2.07. The molecular formula is C18H14F3N3O2. The summed E-state index contributed by atoms with van der Waals surface area (Å²) in [6.07, 6.45) is -1.60. The van der Waals surface area contributed by atoms with E-state index in [1.165, 1.54) is 0 Å². The summed E-state index contributed by atoms with van der Waals surface area (Å²) in [6.45, 7) is 0. The summed E-state index contributed by atoms with van der Waals surface area (Å²) >= 11 is 0. The fourth-order valence-corrected chi connectivity index (χ4v) is 2.24. The van der Waals surface area contributed by atoms with Crippen molar-refractivity contribution in [2.45, 2.75) is 19.0 Å². The molecule has 0 radical (unpaired) electrons. The normalized spacial score (nSPS) is 11.3. The highest BCUT2D eigenvalue weighted by molar-refractivity contribution is 5.90. The van der Waals surface area contributed by atoms with Gasteiger partial charge in [-0.2, -0.15) is 13.2 Å². The monoisotopic (exact) mass is 361 g/mol. The number of aromatic nitrogens is 2. The molecule has 0 aliphatic heterocycles. The molecule has 5 nitrogen and oxygen atoms in total. The van der Waals surface area contributed by atoms with E-state index >= 15 is 0 Å². The molecule has 134 valence electrons. The van der Waals surface area contributed by atoms with Crippen LogP contribution in [0.3, 0.4) is 0 Å². The Labute approximate surface area is 146 Å². The van der Waals surface area contributed by atoms with Crippen LogP contribution in [0.1, 0.15) is 18.0 Å². The summed E-state index contributed by atoms with van der Waals surface area (Å²) < 4.78 is 42.9. The molecule has 0 saturated heterocycles. The zero-order valence-corrected chi connectivity index (χ0v) is 13.5. The number of pyridine rings is 1. The molecule has 1 aromatic carbocycles. The number of halogens is 3. The third-order valence-electron chi connectivity index (χ3n) is 3.52. The molecule has 0 atom stereocenters. The van der Waals surface area contributed by atoms with E-state index in [4.69, 9.17) is 4.42 Å². The topological polar surface area (TPSA) is 68.0 Å². The number of aryl methyl sites for hydroxylation is 1. The molecule has 0 aliphatic rings.